The van der Waals surface area contributed by atoms with Gasteiger partial charge < -0.3 is 4.12 Å². The highest BCUT2D eigenvalue weighted by Crippen LogP contribution is 2.06. The molecule has 3 heteroatoms. The summed E-state index contributed by atoms with van der Waals surface area (Å²) < 4.78 is 6.01. The molecule has 0 aromatic rings. The summed E-state index contributed by atoms with van der Waals surface area (Å²) in [7, 11) is -2.27. The molecule has 13 heavy (non-hydrogen) atoms. The largest absolute Gasteiger partial charge is 0.455 e. The maximum Gasteiger partial charge on any atom is 0.184 e. The minimum absolute atomic E-state index is 0.989. The van der Waals surface area contributed by atoms with Crippen LogP contribution in [0.2, 0.25) is 26.2 Å². The van der Waals surface area contributed by atoms with Gasteiger partial charge in [-0.2, -0.15) is 0 Å². The minimum atomic E-state index is -1.28. The maximum absolute atomic E-state index is 6.01. The van der Waals surface area contributed by atoms with Crippen molar-refractivity contribution in [2.45, 2.75) is 52.4 Å². The van der Waals surface area contributed by atoms with Crippen molar-refractivity contribution in [1.82, 2.24) is 0 Å². The van der Waals surface area contributed by atoms with Crippen molar-refractivity contribution in [3.05, 3.63) is 11.8 Å². The summed E-state index contributed by atoms with van der Waals surface area (Å²) in [4.78, 5) is 0. The van der Waals surface area contributed by atoms with Crippen molar-refractivity contribution in [2.24, 2.45) is 0 Å². The summed E-state index contributed by atoms with van der Waals surface area (Å²) in [5, 5.41) is 0. The van der Waals surface area contributed by atoms with Crippen LogP contribution in [0.25, 0.3) is 0 Å². The number of hydrogen-bond donors (Lipinski definition) is 0. The van der Waals surface area contributed by atoms with Crippen LogP contribution in [0.4, 0.5) is 0 Å². The molecule has 0 heterocycles. The molecule has 0 aliphatic rings. The third kappa shape index (κ3) is 10.1. The average molecular weight is 216 g/mol. The normalized spacial score (nSPS) is 15.2. The van der Waals surface area contributed by atoms with Gasteiger partial charge in [-0.25, -0.2) is 0 Å². The van der Waals surface area contributed by atoms with Crippen molar-refractivity contribution >= 4 is 17.4 Å². The summed E-state index contributed by atoms with van der Waals surface area (Å²) in [6.07, 6.45) is 6.13. The third-order valence-electron chi connectivity index (χ3n) is 1.67. The lowest BCUT2D eigenvalue weighted by atomic mass is 10.2. The van der Waals surface area contributed by atoms with Gasteiger partial charge in [-0.15, -0.1) is 0 Å². The molecule has 0 saturated carbocycles. The molecule has 1 unspecified atom stereocenters. The van der Waals surface area contributed by atoms with Crippen LogP contribution in [0.5, 0.6) is 0 Å². The van der Waals surface area contributed by atoms with E-state index in [1.54, 1.807) is 0 Å². The molecule has 0 aromatic carbocycles. The molecular formula is C10H24OSi2. The highest BCUT2D eigenvalue weighted by Gasteiger charge is 2.16. The van der Waals surface area contributed by atoms with E-state index in [0.29, 0.717) is 0 Å². The van der Waals surface area contributed by atoms with E-state index >= 15 is 0 Å². The fourth-order valence-electron chi connectivity index (χ4n) is 1.21. The Hall–Kier alpha value is 0.134. The van der Waals surface area contributed by atoms with Gasteiger partial charge in [0.15, 0.2) is 17.4 Å². The monoisotopic (exact) mass is 216 g/mol. The quantitative estimate of drug-likeness (QED) is 0.488. The predicted molar refractivity (Wildman–Crippen MR) is 66.1 cm³/mol. The first kappa shape index (κ1) is 13.1. The predicted octanol–water partition coefficient (Wildman–Crippen LogP) is 3.48. The first-order chi connectivity index (χ1) is 5.95. The average Bonchev–Trinajstić information content (AvgIpc) is 1.94. The van der Waals surface area contributed by atoms with Gasteiger partial charge in [-0.3, -0.25) is 0 Å². The SMILES string of the molecule is CCCC/C=C/[SiH](C)O[Si](C)(C)C. The van der Waals surface area contributed by atoms with Gasteiger partial charge in [0.25, 0.3) is 0 Å². The second-order valence-electron chi connectivity index (χ2n) is 4.51. The smallest absolute Gasteiger partial charge is 0.184 e. The Morgan fingerprint density at radius 3 is 2.38 bits per heavy atom. The molecule has 0 amide bonds. The lowest BCUT2D eigenvalue weighted by Crippen LogP contribution is -2.32. The fraction of sp³-hybridized carbons (Fsp3) is 0.800. The zero-order valence-corrected chi connectivity index (χ0v) is 11.9. The highest BCUT2D eigenvalue weighted by atomic mass is 28.4. The third-order valence-corrected chi connectivity index (χ3v) is 6.80. The van der Waals surface area contributed by atoms with Crippen LogP contribution in [0, 0.1) is 0 Å². The molecule has 0 rings (SSSR count). The van der Waals surface area contributed by atoms with Crippen LogP contribution in [0.3, 0.4) is 0 Å². The maximum atomic E-state index is 6.01. The summed E-state index contributed by atoms with van der Waals surface area (Å²) in [6.45, 7) is 11.3. The van der Waals surface area contributed by atoms with E-state index in [0.717, 1.165) is 0 Å². The number of rotatable bonds is 6. The van der Waals surface area contributed by atoms with E-state index in [2.05, 4.69) is 44.9 Å². The second kappa shape index (κ2) is 6.57. The van der Waals surface area contributed by atoms with E-state index in [9.17, 15) is 0 Å². The fourth-order valence-corrected chi connectivity index (χ4v) is 6.56. The van der Waals surface area contributed by atoms with Crippen LogP contribution in [-0.4, -0.2) is 17.4 Å². The number of allylic oxidation sites excluding steroid dienone is 1. The number of unbranched alkanes of at least 4 members (excludes halogenated alkanes) is 2. The van der Waals surface area contributed by atoms with E-state index in [1.807, 2.05) is 0 Å². The van der Waals surface area contributed by atoms with Crippen LogP contribution in [0.1, 0.15) is 26.2 Å². The van der Waals surface area contributed by atoms with E-state index in [1.165, 1.54) is 19.3 Å². The summed E-state index contributed by atoms with van der Waals surface area (Å²) in [5.74, 6) is 0. The summed E-state index contributed by atoms with van der Waals surface area (Å²) in [5.41, 5.74) is 2.33. The van der Waals surface area contributed by atoms with E-state index in [-0.39, 0.29) is 0 Å². The van der Waals surface area contributed by atoms with Gasteiger partial charge in [0.05, 0.1) is 0 Å². The first-order valence-electron chi connectivity index (χ1n) is 5.30. The number of hydrogen-bond acceptors (Lipinski definition) is 1. The Kier molecular flexibility index (Phi) is 6.63. The molecule has 0 aliphatic carbocycles. The lowest BCUT2D eigenvalue weighted by Gasteiger charge is -2.20. The van der Waals surface area contributed by atoms with Gasteiger partial charge in [0.1, 0.15) is 0 Å². The van der Waals surface area contributed by atoms with Gasteiger partial charge >= 0.3 is 0 Å². The molecule has 0 fully saturated rings. The van der Waals surface area contributed by atoms with Crippen LogP contribution < -0.4 is 0 Å². The van der Waals surface area contributed by atoms with E-state index < -0.39 is 17.4 Å². The minimum Gasteiger partial charge on any atom is -0.455 e. The van der Waals surface area contributed by atoms with Gasteiger partial charge in [0.2, 0.25) is 0 Å². The van der Waals surface area contributed by atoms with Gasteiger partial charge in [-0.1, -0.05) is 31.5 Å². The highest BCUT2D eigenvalue weighted by molar-refractivity contribution is 6.78. The Morgan fingerprint density at radius 2 is 1.92 bits per heavy atom. The Bertz CT molecular complexity index is 149. The van der Waals surface area contributed by atoms with Crippen molar-refractivity contribution in [3.63, 3.8) is 0 Å². The summed E-state index contributed by atoms with van der Waals surface area (Å²) >= 11 is 0. The van der Waals surface area contributed by atoms with Crippen LogP contribution in [-0.2, 0) is 4.12 Å². The molecule has 0 N–H and O–H groups in total. The first-order valence-corrected chi connectivity index (χ1v) is 11.0. The molecule has 0 aliphatic heterocycles. The summed E-state index contributed by atoms with van der Waals surface area (Å²) in [6, 6.07) is 0. The Balaban J connectivity index is 3.61. The zero-order valence-electron chi connectivity index (χ0n) is 9.76. The molecule has 1 atom stereocenters. The standard InChI is InChI=1S/C10H24OSi2/c1-6-7-8-9-10-12(2)11-13(3,4)5/h9-10,12H,6-8H2,1-5H3/b10-9+. The second-order valence-corrected chi connectivity index (χ2v) is 11.5. The Morgan fingerprint density at radius 1 is 1.31 bits per heavy atom. The molecule has 1 nitrogen and oxygen atoms in total. The van der Waals surface area contributed by atoms with Crippen LogP contribution >= 0.6 is 0 Å². The van der Waals surface area contributed by atoms with Crippen LogP contribution in [0.15, 0.2) is 11.8 Å². The molecular weight excluding hydrogens is 192 g/mol. The van der Waals surface area contributed by atoms with Gasteiger partial charge in [0, 0.05) is 0 Å². The topological polar surface area (TPSA) is 9.23 Å². The molecule has 78 valence electrons. The molecule has 0 saturated heterocycles. The van der Waals surface area contributed by atoms with Crippen molar-refractivity contribution in [3.8, 4) is 0 Å². The van der Waals surface area contributed by atoms with Crippen molar-refractivity contribution in [1.29, 1.82) is 0 Å². The van der Waals surface area contributed by atoms with Gasteiger partial charge in [-0.05, 0) is 32.6 Å². The lowest BCUT2D eigenvalue weighted by molar-refractivity contribution is 0.587. The molecule has 0 bridgehead atoms. The van der Waals surface area contributed by atoms with E-state index in [4.69, 9.17) is 4.12 Å². The zero-order chi connectivity index (χ0) is 10.3. The molecule has 0 radical (unpaired) electrons. The van der Waals surface area contributed by atoms with Crippen molar-refractivity contribution < 1.29 is 4.12 Å². The molecule has 0 spiro atoms. The Labute approximate surface area is 86.1 Å². The van der Waals surface area contributed by atoms with Crippen molar-refractivity contribution in [2.75, 3.05) is 0 Å². The molecule has 0 aromatic heterocycles.